The van der Waals surface area contributed by atoms with Crippen molar-refractivity contribution in [2.45, 2.75) is 38.5 Å². The summed E-state index contributed by atoms with van der Waals surface area (Å²) >= 11 is 5.95. The van der Waals surface area contributed by atoms with Crippen LogP contribution in [0.2, 0.25) is 5.02 Å². The van der Waals surface area contributed by atoms with Gasteiger partial charge in [0.15, 0.2) is 0 Å². The summed E-state index contributed by atoms with van der Waals surface area (Å²) in [5.41, 5.74) is 0.953. The first-order valence-corrected chi connectivity index (χ1v) is 6.77. The van der Waals surface area contributed by atoms with Crippen molar-refractivity contribution in [1.29, 1.82) is 0 Å². The first-order chi connectivity index (χ1) is 9.61. The van der Waals surface area contributed by atoms with E-state index in [2.05, 4.69) is 0 Å². The van der Waals surface area contributed by atoms with E-state index in [4.69, 9.17) is 21.4 Å². The van der Waals surface area contributed by atoms with Crippen molar-refractivity contribution in [2.75, 3.05) is 0 Å². The van der Waals surface area contributed by atoms with E-state index in [0.717, 1.165) is 0 Å². The molecule has 0 aliphatic carbocycles. The molecular weight excluding hydrogens is 309 g/mol. The van der Waals surface area contributed by atoms with E-state index in [9.17, 15) is 18.0 Å². The molecule has 0 saturated carbocycles. The molecule has 0 aromatic heterocycles. The fourth-order valence-electron chi connectivity index (χ4n) is 2.46. The SMILES string of the molecule is CC(C)c1cc(Cl)cc2c1OC(C(F)(F)F)C(C(=O)O)C2. The van der Waals surface area contributed by atoms with Crippen molar-refractivity contribution in [3.05, 3.63) is 28.3 Å². The highest BCUT2D eigenvalue weighted by atomic mass is 35.5. The third kappa shape index (κ3) is 3.10. The number of carboxylic acids is 1. The molecule has 116 valence electrons. The van der Waals surface area contributed by atoms with Crippen molar-refractivity contribution in [3.8, 4) is 5.75 Å². The van der Waals surface area contributed by atoms with E-state index < -0.39 is 24.2 Å². The van der Waals surface area contributed by atoms with Gasteiger partial charge in [-0.2, -0.15) is 13.2 Å². The van der Waals surface area contributed by atoms with Crippen LogP contribution in [0.4, 0.5) is 13.2 Å². The molecule has 1 aliphatic rings. The highest BCUT2D eigenvalue weighted by Crippen LogP contribution is 2.43. The molecule has 0 radical (unpaired) electrons. The number of carbonyl (C=O) groups is 1. The van der Waals surface area contributed by atoms with Gasteiger partial charge < -0.3 is 9.84 Å². The number of hydrogen-bond acceptors (Lipinski definition) is 2. The Morgan fingerprint density at radius 1 is 1.43 bits per heavy atom. The average molecular weight is 323 g/mol. The van der Waals surface area contributed by atoms with Crippen LogP contribution in [0.3, 0.4) is 0 Å². The normalized spacial score (nSPS) is 21.9. The summed E-state index contributed by atoms with van der Waals surface area (Å²) in [6, 6.07) is 3.02. The van der Waals surface area contributed by atoms with Crippen molar-refractivity contribution < 1.29 is 27.8 Å². The number of hydrogen-bond donors (Lipinski definition) is 1. The van der Waals surface area contributed by atoms with Crippen LogP contribution < -0.4 is 4.74 Å². The number of alkyl halides is 3. The van der Waals surface area contributed by atoms with Crippen molar-refractivity contribution in [1.82, 2.24) is 0 Å². The summed E-state index contributed by atoms with van der Waals surface area (Å²) in [6.45, 7) is 3.61. The molecule has 1 aliphatic heterocycles. The monoisotopic (exact) mass is 322 g/mol. The van der Waals surface area contributed by atoms with E-state index in [1.54, 1.807) is 19.9 Å². The van der Waals surface area contributed by atoms with Crippen LogP contribution in [0.1, 0.15) is 30.9 Å². The number of ether oxygens (including phenoxy) is 1. The molecule has 2 rings (SSSR count). The van der Waals surface area contributed by atoms with E-state index >= 15 is 0 Å². The van der Waals surface area contributed by atoms with E-state index in [-0.39, 0.29) is 18.1 Å². The highest BCUT2D eigenvalue weighted by Gasteiger charge is 2.52. The predicted molar refractivity (Wildman–Crippen MR) is 70.8 cm³/mol. The predicted octanol–water partition coefficient (Wildman–Crippen LogP) is 4.03. The molecule has 2 unspecified atom stereocenters. The van der Waals surface area contributed by atoms with Gasteiger partial charge in [-0.3, -0.25) is 4.79 Å². The highest BCUT2D eigenvalue weighted by molar-refractivity contribution is 6.30. The quantitative estimate of drug-likeness (QED) is 0.894. The number of halogens is 4. The third-order valence-corrected chi connectivity index (χ3v) is 3.69. The molecule has 3 nitrogen and oxygen atoms in total. The minimum atomic E-state index is -4.74. The van der Waals surface area contributed by atoms with Gasteiger partial charge in [0.25, 0.3) is 0 Å². The summed E-state index contributed by atoms with van der Waals surface area (Å²) in [7, 11) is 0. The largest absolute Gasteiger partial charge is 0.481 e. The lowest BCUT2D eigenvalue weighted by Gasteiger charge is -2.34. The lowest BCUT2D eigenvalue weighted by Crippen LogP contribution is -2.48. The molecule has 21 heavy (non-hydrogen) atoms. The Morgan fingerprint density at radius 2 is 2.05 bits per heavy atom. The Balaban J connectivity index is 2.54. The second-order valence-electron chi connectivity index (χ2n) is 5.37. The maximum absolute atomic E-state index is 13.0. The Labute approximate surface area is 124 Å². The van der Waals surface area contributed by atoms with E-state index in [0.29, 0.717) is 16.1 Å². The van der Waals surface area contributed by atoms with Crippen LogP contribution in [-0.2, 0) is 11.2 Å². The van der Waals surface area contributed by atoms with Gasteiger partial charge in [-0.15, -0.1) is 0 Å². The number of fused-ring (bicyclic) bond motifs is 1. The molecule has 1 aromatic rings. The first kappa shape index (κ1) is 15.9. The molecule has 0 bridgehead atoms. The standard InChI is InChI=1S/C14H14ClF3O3/c1-6(2)9-5-8(15)3-7-4-10(13(19)20)12(14(16,17)18)21-11(7)9/h3,5-6,10,12H,4H2,1-2H3,(H,19,20). The van der Waals surface area contributed by atoms with Crippen molar-refractivity contribution in [3.63, 3.8) is 0 Å². The van der Waals surface area contributed by atoms with Gasteiger partial charge in [0.1, 0.15) is 11.7 Å². The minimum absolute atomic E-state index is 0.0901. The molecular formula is C14H14ClF3O3. The number of aliphatic carboxylic acids is 1. The zero-order valence-electron chi connectivity index (χ0n) is 11.4. The fourth-order valence-corrected chi connectivity index (χ4v) is 2.71. The molecule has 1 N–H and O–H groups in total. The van der Waals surface area contributed by atoms with Crippen LogP contribution in [0.25, 0.3) is 0 Å². The average Bonchev–Trinajstić information content (AvgIpc) is 2.34. The maximum Gasteiger partial charge on any atom is 0.426 e. The molecule has 1 heterocycles. The maximum atomic E-state index is 13.0. The van der Waals surface area contributed by atoms with Gasteiger partial charge >= 0.3 is 12.1 Å². The fraction of sp³-hybridized carbons (Fsp3) is 0.500. The lowest BCUT2D eigenvalue weighted by molar-refractivity contribution is -0.217. The Kier molecular flexibility index (Phi) is 4.10. The molecule has 0 spiro atoms. The van der Waals surface area contributed by atoms with Gasteiger partial charge in [0.2, 0.25) is 6.10 Å². The summed E-state index contributed by atoms with van der Waals surface area (Å²) in [5, 5.41) is 9.39. The van der Waals surface area contributed by atoms with Gasteiger partial charge in [-0.05, 0) is 35.6 Å². The zero-order chi connectivity index (χ0) is 15.9. The molecule has 2 atom stereocenters. The topological polar surface area (TPSA) is 46.5 Å². The van der Waals surface area contributed by atoms with Crippen molar-refractivity contribution >= 4 is 17.6 Å². The zero-order valence-corrected chi connectivity index (χ0v) is 12.1. The summed E-state index contributed by atoms with van der Waals surface area (Å²) in [6.07, 6.45) is -7.34. The molecule has 0 fully saturated rings. The molecule has 1 aromatic carbocycles. The van der Waals surface area contributed by atoms with Crippen molar-refractivity contribution in [2.24, 2.45) is 5.92 Å². The number of benzene rings is 1. The Hall–Kier alpha value is -1.43. The Morgan fingerprint density at radius 3 is 2.52 bits per heavy atom. The first-order valence-electron chi connectivity index (χ1n) is 6.39. The number of rotatable bonds is 2. The summed E-state index contributed by atoms with van der Waals surface area (Å²) < 4.78 is 44.2. The molecule has 7 heteroatoms. The van der Waals surface area contributed by atoms with Crippen LogP contribution >= 0.6 is 11.6 Å². The minimum Gasteiger partial charge on any atom is -0.481 e. The summed E-state index contributed by atoms with van der Waals surface area (Å²) in [5.74, 6) is -3.19. The van der Waals surface area contributed by atoms with Gasteiger partial charge in [-0.25, -0.2) is 0 Å². The van der Waals surface area contributed by atoms with Gasteiger partial charge in [0, 0.05) is 5.02 Å². The molecule has 0 amide bonds. The molecule has 0 saturated heterocycles. The smallest absolute Gasteiger partial charge is 0.426 e. The third-order valence-electron chi connectivity index (χ3n) is 3.47. The Bertz CT molecular complexity index is 569. The summed E-state index contributed by atoms with van der Waals surface area (Å²) in [4.78, 5) is 11.1. The second kappa shape index (κ2) is 5.40. The van der Waals surface area contributed by atoms with E-state index in [1.807, 2.05) is 0 Å². The van der Waals surface area contributed by atoms with Gasteiger partial charge in [0.05, 0.1) is 0 Å². The van der Waals surface area contributed by atoms with Crippen LogP contribution in [0.5, 0.6) is 5.75 Å². The van der Waals surface area contributed by atoms with Crippen LogP contribution in [0.15, 0.2) is 12.1 Å². The second-order valence-corrected chi connectivity index (χ2v) is 5.80. The van der Waals surface area contributed by atoms with E-state index in [1.165, 1.54) is 6.07 Å². The van der Waals surface area contributed by atoms with Crippen LogP contribution in [0, 0.1) is 5.92 Å². The van der Waals surface area contributed by atoms with Crippen LogP contribution in [-0.4, -0.2) is 23.4 Å². The van der Waals surface area contributed by atoms with Gasteiger partial charge in [-0.1, -0.05) is 25.4 Å². The lowest BCUT2D eigenvalue weighted by atomic mass is 9.87. The number of carboxylic acid groups (broad SMARTS) is 1.